The molecule has 29 heavy (non-hydrogen) atoms. The van der Waals surface area contributed by atoms with Crippen molar-refractivity contribution in [1.82, 2.24) is 15.5 Å². The number of halogens is 4. The fraction of sp³-hybridized carbons (Fsp3) is 0.588. The molecule has 3 N–H and O–H groups in total. The van der Waals surface area contributed by atoms with Gasteiger partial charge in [-0.05, 0) is 25.5 Å². The quantitative estimate of drug-likeness (QED) is 0.120. The van der Waals surface area contributed by atoms with E-state index in [2.05, 4.69) is 20.9 Å². The Balaban J connectivity index is 0.00000420. The van der Waals surface area contributed by atoms with Gasteiger partial charge in [-0.25, -0.2) is 0 Å². The Morgan fingerprint density at radius 1 is 1.34 bits per heavy atom. The highest BCUT2D eigenvalue weighted by atomic mass is 127. The lowest BCUT2D eigenvalue weighted by molar-refractivity contribution is -0.384. The molecule has 1 aromatic rings. The maximum atomic E-state index is 12.5. The molecular weight excluding hydrogens is 504 g/mol. The monoisotopic (exact) mass is 530 g/mol. The lowest BCUT2D eigenvalue weighted by Crippen LogP contribution is -2.45. The summed E-state index contributed by atoms with van der Waals surface area (Å²) in [6, 6.07) is 6.01. The van der Waals surface area contributed by atoms with Crippen molar-refractivity contribution in [2.75, 3.05) is 44.6 Å². The van der Waals surface area contributed by atoms with Gasteiger partial charge in [-0.15, -0.1) is 24.0 Å². The second-order valence-corrected chi connectivity index (χ2v) is 6.47. The lowest BCUT2D eigenvalue weighted by atomic mass is 10.3. The first-order valence-corrected chi connectivity index (χ1v) is 9.09. The minimum Gasteiger partial charge on any atom is -0.383 e. The van der Waals surface area contributed by atoms with Crippen LogP contribution in [0.1, 0.15) is 13.3 Å². The number of rotatable bonds is 8. The third kappa shape index (κ3) is 9.47. The van der Waals surface area contributed by atoms with Gasteiger partial charge < -0.3 is 16.0 Å². The van der Waals surface area contributed by atoms with Crippen LogP contribution in [0.2, 0.25) is 0 Å². The molecule has 1 atom stereocenters. The summed E-state index contributed by atoms with van der Waals surface area (Å²) in [5.41, 5.74) is 0.774. The summed E-state index contributed by atoms with van der Waals surface area (Å²) in [7, 11) is 0. The number of non-ortho nitro benzene ring substituents is 1. The van der Waals surface area contributed by atoms with Crippen LogP contribution in [-0.2, 0) is 0 Å². The summed E-state index contributed by atoms with van der Waals surface area (Å²) in [5, 5.41) is 20.0. The molecule has 1 aliphatic heterocycles. The molecule has 1 saturated heterocycles. The van der Waals surface area contributed by atoms with Crippen molar-refractivity contribution in [3.05, 3.63) is 34.4 Å². The smallest absolute Gasteiger partial charge is 0.383 e. The van der Waals surface area contributed by atoms with Crippen LogP contribution < -0.4 is 16.0 Å². The van der Waals surface area contributed by atoms with Gasteiger partial charge in [0.2, 0.25) is 0 Å². The molecular formula is C17H26F3IN6O2. The minimum absolute atomic E-state index is 0. The summed E-state index contributed by atoms with van der Waals surface area (Å²) in [6.07, 6.45) is -3.56. The molecule has 1 unspecified atom stereocenters. The van der Waals surface area contributed by atoms with Crippen LogP contribution in [-0.4, -0.2) is 67.3 Å². The van der Waals surface area contributed by atoms with E-state index in [0.29, 0.717) is 45.1 Å². The number of likely N-dealkylation sites (tertiary alicyclic amines) is 1. The van der Waals surface area contributed by atoms with E-state index in [1.54, 1.807) is 12.1 Å². The third-order valence-corrected chi connectivity index (χ3v) is 4.15. The summed E-state index contributed by atoms with van der Waals surface area (Å²) >= 11 is 0. The minimum atomic E-state index is -4.18. The van der Waals surface area contributed by atoms with E-state index in [1.165, 1.54) is 17.0 Å². The summed E-state index contributed by atoms with van der Waals surface area (Å²) in [5.74, 6) is 0.562. The van der Waals surface area contributed by atoms with Crippen LogP contribution in [0.4, 0.5) is 24.5 Å². The molecule has 0 saturated carbocycles. The largest absolute Gasteiger partial charge is 0.401 e. The Hall–Kier alpha value is -1.83. The molecule has 1 aromatic carbocycles. The number of nitro groups is 1. The van der Waals surface area contributed by atoms with Gasteiger partial charge >= 0.3 is 6.18 Å². The fourth-order valence-electron chi connectivity index (χ4n) is 2.93. The highest BCUT2D eigenvalue weighted by Crippen LogP contribution is 2.20. The summed E-state index contributed by atoms with van der Waals surface area (Å²) in [4.78, 5) is 16.0. The van der Waals surface area contributed by atoms with Gasteiger partial charge in [-0.3, -0.25) is 20.0 Å². The first kappa shape index (κ1) is 25.2. The van der Waals surface area contributed by atoms with E-state index in [1.807, 2.05) is 6.92 Å². The number of nitro benzene ring substituents is 1. The molecule has 164 valence electrons. The topological polar surface area (TPSA) is 94.8 Å². The zero-order chi connectivity index (χ0) is 20.6. The molecule has 8 nitrogen and oxygen atoms in total. The predicted octanol–water partition coefficient (Wildman–Crippen LogP) is 2.82. The van der Waals surface area contributed by atoms with E-state index >= 15 is 0 Å². The van der Waals surface area contributed by atoms with E-state index in [4.69, 9.17) is 0 Å². The molecule has 1 fully saturated rings. The molecule has 0 radical (unpaired) electrons. The Kier molecular flexibility index (Phi) is 10.4. The number of nitrogens with one attached hydrogen (secondary N) is 3. The van der Waals surface area contributed by atoms with E-state index in [9.17, 15) is 23.3 Å². The average Bonchev–Trinajstić information content (AvgIpc) is 3.04. The van der Waals surface area contributed by atoms with Gasteiger partial charge in [0, 0.05) is 50.0 Å². The average molecular weight is 530 g/mol. The highest BCUT2D eigenvalue weighted by Gasteiger charge is 2.34. The number of benzene rings is 1. The van der Waals surface area contributed by atoms with E-state index in [-0.39, 0.29) is 35.7 Å². The van der Waals surface area contributed by atoms with Crippen molar-refractivity contribution >= 4 is 41.3 Å². The lowest BCUT2D eigenvalue weighted by Gasteiger charge is -2.19. The fourth-order valence-corrected chi connectivity index (χ4v) is 2.93. The van der Waals surface area contributed by atoms with Crippen molar-refractivity contribution in [3.63, 3.8) is 0 Å². The van der Waals surface area contributed by atoms with Gasteiger partial charge in [0.15, 0.2) is 5.96 Å². The van der Waals surface area contributed by atoms with Gasteiger partial charge in [0.1, 0.15) is 0 Å². The van der Waals surface area contributed by atoms with Crippen LogP contribution in [0, 0.1) is 10.1 Å². The number of aliphatic imine (C=N–C) groups is 1. The Morgan fingerprint density at radius 3 is 2.62 bits per heavy atom. The summed E-state index contributed by atoms with van der Waals surface area (Å²) < 4.78 is 37.5. The predicted molar refractivity (Wildman–Crippen MR) is 117 cm³/mol. The zero-order valence-corrected chi connectivity index (χ0v) is 18.4. The third-order valence-electron chi connectivity index (χ3n) is 4.15. The second-order valence-electron chi connectivity index (χ2n) is 6.47. The van der Waals surface area contributed by atoms with Gasteiger partial charge in [0.25, 0.3) is 5.69 Å². The van der Waals surface area contributed by atoms with Crippen molar-refractivity contribution in [3.8, 4) is 0 Å². The highest BCUT2D eigenvalue weighted by molar-refractivity contribution is 14.0. The molecule has 0 bridgehead atoms. The van der Waals surface area contributed by atoms with Crippen molar-refractivity contribution < 1.29 is 18.1 Å². The molecule has 0 amide bonds. The number of hydrogen-bond acceptors (Lipinski definition) is 5. The van der Waals surface area contributed by atoms with Crippen LogP contribution in [0.3, 0.4) is 0 Å². The van der Waals surface area contributed by atoms with Crippen molar-refractivity contribution in [2.24, 2.45) is 4.99 Å². The summed E-state index contributed by atoms with van der Waals surface area (Å²) in [6.45, 7) is 3.34. The molecule has 0 aromatic heterocycles. The second kappa shape index (κ2) is 12.0. The van der Waals surface area contributed by atoms with Crippen LogP contribution in [0.15, 0.2) is 29.3 Å². The maximum Gasteiger partial charge on any atom is 0.401 e. The SMILES string of the molecule is CCNC(=NCCNc1ccc([N+](=O)[O-])cc1)NC1CCN(CC(F)(F)F)C1.I. The van der Waals surface area contributed by atoms with Crippen molar-refractivity contribution in [1.29, 1.82) is 0 Å². The van der Waals surface area contributed by atoms with Gasteiger partial charge in [-0.2, -0.15) is 13.2 Å². The normalized spacial score (nSPS) is 17.5. The van der Waals surface area contributed by atoms with E-state index < -0.39 is 17.6 Å². The zero-order valence-electron chi connectivity index (χ0n) is 16.0. The molecule has 1 aliphatic rings. The number of hydrogen-bond donors (Lipinski definition) is 3. The van der Waals surface area contributed by atoms with Crippen LogP contribution in [0.5, 0.6) is 0 Å². The van der Waals surface area contributed by atoms with Crippen molar-refractivity contribution in [2.45, 2.75) is 25.6 Å². The molecule has 1 heterocycles. The maximum absolute atomic E-state index is 12.5. The first-order chi connectivity index (χ1) is 13.3. The number of nitrogens with zero attached hydrogens (tertiary/aromatic N) is 3. The Labute approximate surface area is 184 Å². The molecule has 12 heteroatoms. The standard InChI is InChI=1S/C17H25F3N6O2.HI/c1-2-21-16(24-14-7-10-25(11-14)12-17(18,19)20)23-9-8-22-13-3-5-15(6-4-13)26(27)28;/h3-6,14,22H,2,7-12H2,1H3,(H2,21,23,24);1H. The van der Waals surface area contributed by atoms with Crippen LogP contribution in [0.25, 0.3) is 0 Å². The number of anilines is 1. The molecule has 0 spiro atoms. The first-order valence-electron chi connectivity index (χ1n) is 9.09. The Morgan fingerprint density at radius 2 is 2.03 bits per heavy atom. The number of alkyl halides is 3. The van der Waals surface area contributed by atoms with Gasteiger partial charge in [-0.1, -0.05) is 0 Å². The van der Waals surface area contributed by atoms with Crippen LogP contribution >= 0.6 is 24.0 Å². The molecule has 2 rings (SSSR count). The van der Waals surface area contributed by atoms with Gasteiger partial charge in [0.05, 0.1) is 18.0 Å². The van der Waals surface area contributed by atoms with E-state index in [0.717, 1.165) is 5.69 Å². The number of guanidine groups is 1. The molecule has 0 aliphatic carbocycles. The Bertz CT molecular complexity index is 672.